The number of halogens is 5. The van der Waals surface area contributed by atoms with E-state index in [0.717, 1.165) is 16.7 Å². The highest BCUT2D eigenvalue weighted by Crippen LogP contribution is 2.31. The predicted octanol–water partition coefficient (Wildman–Crippen LogP) is 5.87. The van der Waals surface area contributed by atoms with Gasteiger partial charge in [0.1, 0.15) is 36.0 Å². The molecule has 2 atom stereocenters. The first kappa shape index (κ1) is 35.3. The predicted molar refractivity (Wildman–Crippen MR) is 169 cm³/mol. The number of likely N-dealkylation sites (tertiary alicyclic amines) is 1. The van der Waals surface area contributed by atoms with Gasteiger partial charge in [-0.2, -0.15) is 5.26 Å². The highest BCUT2D eigenvalue weighted by Gasteiger charge is 2.47. The molecule has 3 amide bonds. The van der Waals surface area contributed by atoms with Crippen LogP contribution in [0.3, 0.4) is 0 Å². The van der Waals surface area contributed by atoms with Crippen molar-refractivity contribution in [2.45, 2.75) is 55.2 Å². The summed E-state index contributed by atoms with van der Waals surface area (Å²) < 4.78 is 37.3. The number of benzene rings is 2. The smallest absolute Gasteiger partial charge is 0.411 e. The third-order valence-corrected chi connectivity index (χ3v) is 7.87. The van der Waals surface area contributed by atoms with Crippen LogP contribution in [0.1, 0.15) is 38.3 Å². The fourth-order valence-electron chi connectivity index (χ4n) is 5.42. The van der Waals surface area contributed by atoms with Gasteiger partial charge in [-0.1, -0.05) is 53.0 Å². The zero-order chi connectivity index (χ0) is 33.8. The molecule has 0 aromatic heterocycles. The van der Waals surface area contributed by atoms with E-state index in [1.165, 1.54) is 11.0 Å². The summed E-state index contributed by atoms with van der Waals surface area (Å²) in [6, 6.07) is 10.4. The van der Waals surface area contributed by atoms with Gasteiger partial charge in [-0.3, -0.25) is 14.6 Å². The topological polar surface area (TPSA) is 106 Å². The Labute approximate surface area is 281 Å². The molecule has 15 heteroatoms. The average Bonchev–Trinajstić information content (AvgIpc) is 3.43. The molecule has 0 saturated carbocycles. The van der Waals surface area contributed by atoms with Crippen LogP contribution >= 0.6 is 34.8 Å². The number of rotatable bonds is 6. The number of amides is 3. The van der Waals surface area contributed by atoms with Crippen LogP contribution in [0.25, 0.3) is 0 Å². The Balaban J connectivity index is 1.58. The Hall–Kier alpha value is -3.53. The van der Waals surface area contributed by atoms with Crippen LogP contribution in [0, 0.1) is 23.0 Å². The average molecular weight is 701 g/mol. The quantitative estimate of drug-likeness (QED) is 0.347. The van der Waals surface area contributed by atoms with Gasteiger partial charge in [0.25, 0.3) is 0 Å². The van der Waals surface area contributed by atoms with E-state index in [9.17, 15) is 28.4 Å². The molecule has 2 unspecified atom stereocenters. The van der Waals surface area contributed by atoms with E-state index in [1.807, 2.05) is 17.0 Å². The fraction of sp³-hybridized carbons (Fsp3) is 0.484. The number of para-hydroxylation sites is 1. The summed E-state index contributed by atoms with van der Waals surface area (Å²) in [5, 5.41) is 9.51. The van der Waals surface area contributed by atoms with Crippen LogP contribution in [-0.4, -0.2) is 93.6 Å². The first-order valence-electron chi connectivity index (χ1n) is 14.5. The van der Waals surface area contributed by atoms with Gasteiger partial charge in [-0.25, -0.2) is 18.4 Å². The van der Waals surface area contributed by atoms with E-state index in [0.29, 0.717) is 37.8 Å². The summed E-state index contributed by atoms with van der Waals surface area (Å²) >= 11 is 17.3. The van der Waals surface area contributed by atoms with Crippen LogP contribution in [0.4, 0.5) is 24.1 Å². The van der Waals surface area contributed by atoms with Crippen LogP contribution in [0.2, 0.25) is 0 Å². The number of carbonyl (C=O) groups is 3. The Kier molecular flexibility index (Phi) is 11.1. The number of ether oxygens (including phenoxy) is 2. The van der Waals surface area contributed by atoms with Crippen LogP contribution in [0.15, 0.2) is 42.5 Å². The third-order valence-electron chi connectivity index (χ3n) is 7.54. The van der Waals surface area contributed by atoms with Gasteiger partial charge < -0.3 is 19.3 Å². The molecule has 10 nitrogen and oxygen atoms in total. The van der Waals surface area contributed by atoms with Gasteiger partial charge in [0, 0.05) is 44.4 Å². The Bertz CT molecular complexity index is 1490. The van der Waals surface area contributed by atoms with Crippen molar-refractivity contribution in [1.29, 1.82) is 5.26 Å². The van der Waals surface area contributed by atoms with Crippen LogP contribution in [0.5, 0.6) is 0 Å². The third kappa shape index (κ3) is 9.05. The molecule has 2 aromatic carbocycles. The van der Waals surface area contributed by atoms with Crippen molar-refractivity contribution in [3.8, 4) is 6.07 Å². The monoisotopic (exact) mass is 699 g/mol. The number of anilines is 1. The first-order valence-corrected chi connectivity index (χ1v) is 15.7. The largest absolute Gasteiger partial charge is 0.445 e. The lowest BCUT2D eigenvalue weighted by Gasteiger charge is -2.38. The summed E-state index contributed by atoms with van der Waals surface area (Å²) in [6.07, 6.45) is -1.78. The molecule has 0 spiro atoms. The van der Waals surface area contributed by atoms with Crippen molar-refractivity contribution in [1.82, 2.24) is 14.7 Å². The van der Waals surface area contributed by atoms with E-state index < -0.39 is 51.9 Å². The van der Waals surface area contributed by atoms with E-state index in [2.05, 4.69) is 6.07 Å². The van der Waals surface area contributed by atoms with Crippen molar-refractivity contribution in [3.05, 3.63) is 65.2 Å². The standard InChI is InChI=1S/C31H34Cl3F2N5O5/c1-30(2,3)46-29(44)41-18-23(40(28(43)45-19-31(32,33)34)17-21-8-9-22(35)14-24(21)36)15-26(41)27(42)39-12-10-38(11-13-39)25-7-5-4-6-20(25)16-37/h4-9,14,23,26H,10-13,15,17-19H2,1-3H3. The van der Waals surface area contributed by atoms with Gasteiger partial charge in [0.15, 0.2) is 0 Å². The van der Waals surface area contributed by atoms with Gasteiger partial charge in [-0.05, 0) is 45.4 Å². The molecule has 0 radical (unpaired) electrons. The highest BCUT2D eigenvalue weighted by atomic mass is 35.6. The highest BCUT2D eigenvalue weighted by molar-refractivity contribution is 6.67. The van der Waals surface area contributed by atoms with Gasteiger partial charge >= 0.3 is 12.2 Å². The van der Waals surface area contributed by atoms with E-state index >= 15 is 0 Å². The Morgan fingerprint density at radius 3 is 2.33 bits per heavy atom. The SMILES string of the molecule is CC(C)(C)OC(=O)N1CC(N(Cc2ccc(F)cc2F)C(=O)OCC(Cl)(Cl)Cl)CC1C(=O)N1CCN(c2ccccc2C#N)CC1. The molecule has 2 heterocycles. The second-order valence-electron chi connectivity index (χ2n) is 12.0. The van der Waals surface area contributed by atoms with Gasteiger partial charge in [-0.15, -0.1) is 0 Å². The Morgan fingerprint density at radius 2 is 1.72 bits per heavy atom. The molecule has 46 heavy (non-hydrogen) atoms. The summed E-state index contributed by atoms with van der Waals surface area (Å²) in [4.78, 5) is 46.8. The molecular weight excluding hydrogens is 667 g/mol. The van der Waals surface area contributed by atoms with Crippen molar-refractivity contribution in [3.63, 3.8) is 0 Å². The van der Waals surface area contributed by atoms with Gasteiger partial charge in [0.05, 0.1) is 23.8 Å². The first-order chi connectivity index (χ1) is 21.6. The maximum atomic E-state index is 14.7. The Morgan fingerprint density at radius 1 is 1.04 bits per heavy atom. The normalized spacial score (nSPS) is 18.6. The second kappa shape index (κ2) is 14.5. The zero-order valence-electron chi connectivity index (χ0n) is 25.5. The van der Waals surface area contributed by atoms with E-state index in [1.54, 1.807) is 37.8 Å². The number of piperazine rings is 1. The van der Waals surface area contributed by atoms with Crippen molar-refractivity contribution < 1.29 is 32.6 Å². The summed E-state index contributed by atoms with van der Waals surface area (Å²) in [5.41, 5.74) is 0.379. The van der Waals surface area contributed by atoms with Crippen molar-refractivity contribution in [2.75, 3.05) is 44.2 Å². The molecule has 0 aliphatic carbocycles. The summed E-state index contributed by atoms with van der Waals surface area (Å²) in [7, 11) is 0. The molecule has 248 valence electrons. The number of alkyl halides is 3. The summed E-state index contributed by atoms with van der Waals surface area (Å²) in [6.45, 7) is 5.45. The van der Waals surface area contributed by atoms with E-state index in [-0.39, 0.29) is 31.0 Å². The number of nitriles is 1. The van der Waals surface area contributed by atoms with E-state index in [4.69, 9.17) is 44.3 Å². The lowest BCUT2D eigenvalue weighted by atomic mass is 10.1. The molecule has 4 rings (SSSR count). The lowest BCUT2D eigenvalue weighted by molar-refractivity contribution is -0.136. The minimum Gasteiger partial charge on any atom is -0.445 e. The molecule has 0 bridgehead atoms. The second-order valence-corrected chi connectivity index (χ2v) is 14.5. The molecule has 2 saturated heterocycles. The molecule has 2 aliphatic heterocycles. The van der Waals surface area contributed by atoms with Crippen LogP contribution in [-0.2, 0) is 20.8 Å². The maximum absolute atomic E-state index is 14.7. The zero-order valence-corrected chi connectivity index (χ0v) is 27.8. The minimum atomic E-state index is -1.94. The van der Waals surface area contributed by atoms with Crippen molar-refractivity contribution >= 4 is 58.6 Å². The lowest BCUT2D eigenvalue weighted by Crippen LogP contribution is -2.55. The minimum absolute atomic E-state index is 0.0265. The van der Waals surface area contributed by atoms with Crippen molar-refractivity contribution in [2.24, 2.45) is 0 Å². The molecule has 2 aromatic rings. The number of carbonyl (C=O) groups excluding carboxylic acids is 3. The number of hydrogen-bond donors (Lipinski definition) is 0. The maximum Gasteiger partial charge on any atom is 0.411 e. The molecule has 2 aliphatic rings. The molecule has 2 fully saturated rings. The molecular formula is C31H34Cl3F2N5O5. The van der Waals surface area contributed by atoms with Gasteiger partial charge in [0.2, 0.25) is 9.70 Å². The fourth-order valence-corrected chi connectivity index (χ4v) is 5.58. The number of hydrogen-bond acceptors (Lipinski definition) is 7. The molecule has 0 N–H and O–H groups in total. The summed E-state index contributed by atoms with van der Waals surface area (Å²) in [5.74, 6) is -2.06. The van der Waals surface area contributed by atoms with Crippen LogP contribution < -0.4 is 4.90 Å². The number of nitrogens with zero attached hydrogens (tertiary/aromatic N) is 5.